The Bertz CT molecular complexity index is 619. The zero-order valence-electron chi connectivity index (χ0n) is 12.0. The summed E-state index contributed by atoms with van der Waals surface area (Å²) in [5.41, 5.74) is 1.78. The normalized spacial score (nSPS) is 17.8. The number of thiazole rings is 1. The molecule has 1 heterocycles. The van der Waals surface area contributed by atoms with Crippen molar-refractivity contribution in [3.8, 4) is 0 Å². The maximum absolute atomic E-state index is 13.3. The molecule has 0 fully saturated rings. The van der Waals surface area contributed by atoms with Gasteiger partial charge >= 0.3 is 0 Å². The molecule has 0 saturated carbocycles. The lowest BCUT2D eigenvalue weighted by Crippen LogP contribution is -2.24. The number of nitrogens with zero attached hydrogens (tertiary/aromatic N) is 1. The van der Waals surface area contributed by atoms with E-state index < -0.39 is 11.6 Å². The van der Waals surface area contributed by atoms with Crippen LogP contribution in [0.5, 0.6) is 0 Å². The van der Waals surface area contributed by atoms with Crippen LogP contribution < -0.4 is 5.32 Å². The summed E-state index contributed by atoms with van der Waals surface area (Å²) in [6, 6.07) is 3.99. The van der Waals surface area contributed by atoms with Gasteiger partial charge in [-0.3, -0.25) is 0 Å². The molecule has 0 radical (unpaired) electrons. The molecule has 0 bridgehead atoms. The summed E-state index contributed by atoms with van der Waals surface area (Å²) in [7, 11) is 0. The third-order valence-corrected chi connectivity index (χ3v) is 4.86. The molecule has 0 amide bonds. The molecule has 1 aromatic heterocycles. The van der Waals surface area contributed by atoms with Crippen LogP contribution in [0.25, 0.3) is 0 Å². The molecule has 1 aliphatic carbocycles. The third-order valence-electron chi connectivity index (χ3n) is 3.73. The van der Waals surface area contributed by atoms with E-state index in [-0.39, 0.29) is 0 Å². The fourth-order valence-electron chi connectivity index (χ4n) is 2.88. The van der Waals surface area contributed by atoms with Crippen LogP contribution in [0.4, 0.5) is 8.78 Å². The van der Waals surface area contributed by atoms with Gasteiger partial charge in [-0.05, 0) is 43.5 Å². The zero-order valence-corrected chi connectivity index (χ0v) is 12.8. The summed E-state index contributed by atoms with van der Waals surface area (Å²) in [5.74, 6) is -1.06. The highest BCUT2D eigenvalue weighted by Gasteiger charge is 2.23. The minimum absolute atomic E-state index is 0.327. The lowest BCUT2D eigenvalue weighted by molar-refractivity contribution is 0.465. The van der Waals surface area contributed by atoms with Gasteiger partial charge in [0.15, 0.2) is 0 Å². The average Bonchev–Trinajstić information content (AvgIpc) is 2.81. The monoisotopic (exact) mass is 308 g/mol. The summed E-state index contributed by atoms with van der Waals surface area (Å²) in [5, 5.41) is 4.40. The Morgan fingerprint density at radius 3 is 2.76 bits per heavy atom. The van der Waals surface area contributed by atoms with Crippen LogP contribution >= 0.6 is 11.3 Å². The lowest BCUT2D eigenvalue weighted by Gasteiger charge is -2.21. The fourth-order valence-corrected chi connectivity index (χ4v) is 4.08. The van der Waals surface area contributed by atoms with Gasteiger partial charge in [-0.2, -0.15) is 0 Å². The minimum atomic E-state index is -0.531. The fraction of sp³-hybridized carbons (Fsp3) is 0.438. The highest BCUT2D eigenvalue weighted by molar-refractivity contribution is 7.11. The summed E-state index contributed by atoms with van der Waals surface area (Å²) in [4.78, 5) is 6.04. The quantitative estimate of drug-likeness (QED) is 0.923. The topological polar surface area (TPSA) is 24.9 Å². The molecule has 2 nitrogen and oxygen atoms in total. The van der Waals surface area contributed by atoms with E-state index in [1.54, 1.807) is 11.3 Å². The molecule has 0 saturated heterocycles. The maximum Gasteiger partial charge on any atom is 0.126 e. The largest absolute Gasteiger partial charge is 0.309 e. The first-order valence-electron chi connectivity index (χ1n) is 7.32. The number of fused-ring (bicyclic) bond motifs is 1. The standard InChI is InChI=1S/C16H18F2N2S/c1-2-19-13-4-3-5-14-16(13)20-15(21-14)8-10-6-11(17)9-12(18)7-10/h6-7,9,13,19H,2-5,8H2,1H3. The van der Waals surface area contributed by atoms with Gasteiger partial charge in [0.25, 0.3) is 0 Å². The van der Waals surface area contributed by atoms with E-state index in [0.29, 0.717) is 18.0 Å². The average molecular weight is 308 g/mol. The van der Waals surface area contributed by atoms with Gasteiger partial charge in [0, 0.05) is 17.4 Å². The van der Waals surface area contributed by atoms with Crippen molar-refractivity contribution in [3.63, 3.8) is 0 Å². The van der Waals surface area contributed by atoms with Crippen LogP contribution in [-0.4, -0.2) is 11.5 Å². The van der Waals surface area contributed by atoms with E-state index >= 15 is 0 Å². The molecule has 1 aliphatic rings. The van der Waals surface area contributed by atoms with Crippen molar-refractivity contribution in [3.05, 3.63) is 51.0 Å². The number of aromatic nitrogens is 1. The molecule has 1 unspecified atom stereocenters. The molecule has 0 aliphatic heterocycles. The van der Waals surface area contributed by atoms with Gasteiger partial charge in [-0.1, -0.05) is 6.92 Å². The first kappa shape index (κ1) is 14.6. The van der Waals surface area contributed by atoms with Crippen LogP contribution in [0.1, 0.15) is 46.9 Å². The molecule has 2 aromatic rings. The van der Waals surface area contributed by atoms with Crippen molar-refractivity contribution >= 4 is 11.3 Å². The van der Waals surface area contributed by atoms with E-state index in [2.05, 4.69) is 12.2 Å². The zero-order chi connectivity index (χ0) is 14.8. The number of rotatable bonds is 4. The van der Waals surface area contributed by atoms with Crippen LogP contribution in [0, 0.1) is 11.6 Å². The molecule has 3 rings (SSSR count). The summed E-state index contributed by atoms with van der Waals surface area (Å²) < 4.78 is 26.5. The number of halogens is 2. The highest BCUT2D eigenvalue weighted by atomic mass is 32.1. The molecule has 1 aromatic carbocycles. The molecule has 1 atom stereocenters. The van der Waals surface area contributed by atoms with Crippen molar-refractivity contribution in [1.29, 1.82) is 0 Å². The van der Waals surface area contributed by atoms with E-state index in [9.17, 15) is 8.78 Å². The SMILES string of the molecule is CCNC1CCCc2sc(Cc3cc(F)cc(F)c3)nc21. The molecule has 112 valence electrons. The van der Waals surface area contributed by atoms with E-state index in [4.69, 9.17) is 4.98 Å². The second-order valence-corrected chi connectivity index (χ2v) is 6.54. The second-order valence-electron chi connectivity index (χ2n) is 5.37. The Morgan fingerprint density at radius 1 is 1.29 bits per heavy atom. The van der Waals surface area contributed by atoms with Gasteiger partial charge in [0.1, 0.15) is 11.6 Å². The molecular formula is C16H18F2N2S. The van der Waals surface area contributed by atoms with Crippen LogP contribution in [-0.2, 0) is 12.8 Å². The van der Waals surface area contributed by atoms with Crippen LogP contribution in [0.15, 0.2) is 18.2 Å². The summed E-state index contributed by atoms with van der Waals surface area (Å²) >= 11 is 1.68. The van der Waals surface area contributed by atoms with Gasteiger partial charge in [-0.25, -0.2) is 13.8 Å². The lowest BCUT2D eigenvalue weighted by atomic mass is 9.98. The van der Waals surface area contributed by atoms with Crippen LogP contribution in [0.2, 0.25) is 0 Å². The molecule has 1 N–H and O–H groups in total. The van der Waals surface area contributed by atoms with Crippen molar-refractivity contribution < 1.29 is 8.78 Å². The first-order chi connectivity index (χ1) is 10.2. The summed E-state index contributed by atoms with van der Waals surface area (Å²) in [6.07, 6.45) is 3.83. The van der Waals surface area contributed by atoms with Gasteiger partial charge in [-0.15, -0.1) is 11.3 Å². The van der Waals surface area contributed by atoms with E-state index in [1.165, 1.54) is 23.4 Å². The van der Waals surface area contributed by atoms with Gasteiger partial charge < -0.3 is 5.32 Å². The highest BCUT2D eigenvalue weighted by Crippen LogP contribution is 2.34. The van der Waals surface area contributed by atoms with E-state index in [0.717, 1.165) is 36.2 Å². The molecule has 5 heteroatoms. The number of hydrogen-bond donors (Lipinski definition) is 1. The van der Waals surface area contributed by atoms with E-state index in [1.807, 2.05) is 0 Å². The Morgan fingerprint density at radius 2 is 2.05 bits per heavy atom. The Labute approximate surface area is 127 Å². The predicted molar refractivity (Wildman–Crippen MR) is 80.6 cm³/mol. The van der Waals surface area contributed by atoms with Crippen LogP contribution in [0.3, 0.4) is 0 Å². The Hall–Kier alpha value is -1.33. The van der Waals surface area contributed by atoms with Gasteiger partial charge in [0.05, 0.1) is 16.7 Å². The van der Waals surface area contributed by atoms with Gasteiger partial charge in [0.2, 0.25) is 0 Å². The number of nitrogens with one attached hydrogen (secondary N) is 1. The molecular weight excluding hydrogens is 290 g/mol. The predicted octanol–water partition coefficient (Wildman–Crippen LogP) is 4.00. The minimum Gasteiger partial charge on any atom is -0.309 e. The smallest absolute Gasteiger partial charge is 0.126 e. The summed E-state index contributed by atoms with van der Waals surface area (Å²) in [6.45, 7) is 3.02. The maximum atomic E-state index is 13.3. The first-order valence-corrected chi connectivity index (χ1v) is 8.14. The van der Waals surface area contributed by atoms with Crippen molar-refractivity contribution in [2.24, 2.45) is 0 Å². The number of hydrogen-bond acceptors (Lipinski definition) is 3. The number of benzene rings is 1. The second kappa shape index (κ2) is 6.20. The van der Waals surface area contributed by atoms with Crippen molar-refractivity contribution in [2.45, 2.75) is 38.6 Å². The van der Waals surface area contributed by atoms with Crippen molar-refractivity contribution in [1.82, 2.24) is 10.3 Å². The Kier molecular flexibility index (Phi) is 4.31. The molecule has 21 heavy (non-hydrogen) atoms. The molecule has 0 spiro atoms. The Balaban J connectivity index is 1.84. The number of aryl methyl sites for hydroxylation is 1. The van der Waals surface area contributed by atoms with Crippen molar-refractivity contribution in [2.75, 3.05) is 6.54 Å². The third kappa shape index (κ3) is 3.30.